The summed E-state index contributed by atoms with van der Waals surface area (Å²) in [5.41, 5.74) is 1.48. The van der Waals surface area contributed by atoms with Gasteiger partial charge in [0.2, 0.25) is 0 Å². The van der Waals surface area contributed by atoms with Crippen LogP contribution >= 0.6 is 0 Å². The van der Waals surface area contributed by atoms with Gasteiger partial charge in [0.05, 0.1) is 19.4 Å². The highest BCUT2D eigenvalue weighted by molar-refractivity contribution is 5.94. The van der Waals surface area contributed by atoms with Crippen molar-refractivity contribution in [2.24, 2.45) is 0 Å². The summed E-state index contributed by atoms with van der Waals surface area (Å²) in [5.74, 6) is 1.16. The highest BCUT2D eigenvalue weighted by atomic mass is 16.5. The Balaban J connectivity index is 1.70. The largest absolute Gasteiger partial charge is 0.490 e. The van der Waals surface area contributed by atoms with Crippen LogP contribution in [0.5, 0.6) is 11.5 Å². The van der Waals surface area contributed by atoms with Gasteiger partial charge in [-0.1, -0.05) is 0 Å². The molecule has 0 atom stereocenters. The fraction of sp³-hybridized carbons (Fsp3) is 0.286. The number of ether oxygens (including phenoxy) is 2. The number of amides is 1. The molecule has 0 fully saturated rings. The molecule has 0 saturated carbocycles. The zero-order valence-electron chi connectivity index (χ0n) is 10.9. The quantitative estimate of drug-likeness (QED) is 0.888. The molecule has 1 amide bonds. The van der Waals surface area contributed by atoms with Crippen LogP contribution in [0, 0.1) is 0 Å². The minimum absolute atomic E-state index is 0.151. The lowest BCUT2D eigenvalue weighted by Gasteiger charge is -2.09. The Morgan fingerprint density at radius 1 is 1.30 bits per heavy atom. The van der Waals surface area contributed by atoms with Crippen LogP contribution in [0.1, 0.15) is 22.3 Å². The van der Waals surface area contributed by atoms with Crippen LogP contribution in [0.15, 0.2) is 30.6 Å². The van der Waals surface area contributed by atoms with Crippen molar-refractivity contribution in [3.63, 3.8) is 0 Å². The molecule has 2 aromatic rings. The summed E-state index contributed by atoms with van der Waals surface area (Å²) in [5, 5.41) is 9.36. The minimum atomic E-state index is -0.151. The molecule has 0 unspecified atom stereocenters. The van der Waals surface area contributed by atoms with E-state index in [4.69, 9.17) is 9.47 Å². The molecular weight excluding hydrogens is 258 g/mol. The zero-order chi connectivity index (χ0) is 13.8. The van der Waals surface area contributed by atoms with Crippen molar-refractivity contribution in [2.45, 2.75) is 13.0 Å². The number of rotatable bonds is 3. The monoisotopic (exact) mass is 273 g/mol. The van der Waals surface area contributed by atoms with E-state index in [0.717, 1.165) is 12.0 Å². The summed E-state index contributed by atoms with van der Waals surface area (Å²) in [7, 11) is 0. The van der Waals surface area contributed by atoms with E-state index >= 15 is 0 Å². The summed E-state index contributed by atoms with van der Waals surface area (Å²) in [6.07, 6.45) is 4.26. The second kappa shape index (κ2) is 5.64. The van der Waals surface area contributed by atoms with Gasteiger partial charge in [0.15, 0.2) is 11.5 Å². The molecule has 1 aliphatic heterocycles. The third kappa shape index (κ3) is 2.74. The number of carbonyl (C=O) groups excluding carboxylic acids is 1. The van der Waals surface area contributed by atoms with Crippen LogP contribution in [0.2, 0.25) is 0 Å². The molecule has 0 bridgehead atoms. The Labute approximate surface area is 116 Å². The van der Waals surface area contributed by atoms with E-state index in [2.05, 4.69) is 15.5 Å². The van der Waals surface area contributed by atoms with Gasteiger partial charge in [-0.15, -0.1) is 0 Å². The van der Waals surface area contributed by atoms with Gasteiger partial charge in [0, 0.05) is 30.3 Å². The molecule has 0 aliphatic carbocycles. The number of fused-ring (bicyclic) bond motifs is 1. The predicted molar refractivity (Wildman–Crippen MR) is 71.8 cm³/mol. The number of nitrogens with zero attached hydrogens (tertiary/aromatic N) is 1. The summed E-state index contributed by atoms with van der Waals surface area (Å²) in [6, 6.07) is 5.22. The van der Waals surface area contributed by atoms with Crippen LogP contribution in [-0.2, 0) is 6.54 Å². The average Bonchev–Trinajstić information content (AvgIpc) is 2.88. The fourth-order valence-corrected chi connectivity index (χ4v) is 1.96. The van der Waals surface area contributed by atoms with Crippen LogP contribution in [0.3, 0.4) is 0 Å². The first-order chi connectivity index (χ1) is 9.83. The Bertz CT molecular complexity index is 596. The molecule has 0 spiro atoms. The van der Waals surface area contributed by atoms with E-state index in [-0.39, 0.29) is 5.91 Å². The Hall–Kier alpha value is -2.50. The van der Waals surface area contributed by atoms with Crippen molar-refractivity contribution in [3.8, 4) is 11.5 Å². The number of hydrogen-bond acceptors (Lipinski definition) is 4. The Kier molecular flexibility index (Phi) is 3.54. The SMILES string of the molecule is O=C(NCc1cn[nH]c1)c1ccc2c(c1)OCCCO2. The fourth-order valence-electron chi connectivity index (χ4n) is 1.96. The predicted octanol–water partition coefficient (Wildman–Crippen LogP) is 1.50. The molecule has 0 saturated heterocycles. The lowest BCUT2D eigenvalue weighted by Crippen LogP contribution is -2.22. The van der Waals surface area contributed by atoms with E-state index in [0.29, 0.717) is 36.8 Å². The number of nitrogens with one attached hydrogen (secondary N) is 2. The van der Waals surface area contributed by atoms with Crippen LogP contribution in [0.25, 0.3) is 0 Å². The molecule has 1 aromatic carbocycles. The molecule has 6 nitrogen and oxygen atoms in total. The molecule has 3 rings (SSSR count). The van der Waals surface area contributed by atoms with E-state index < -0.39 is 0 Å². The Morgan fingerprint density at radius 3 is 2.95 bits per heavy atom. The van der Waals surface area contributed by atoms with E-state index in [1.165, 1.54) is 0 Å². The number of aromatic nitrogens is 2. The van der Waals surface area contributed by atoms with Gasteiger partial charge in [-0.3, -0.25) is 9.89 Å². The number of benzene rings is 1. The van der Waals surface area contributed by atoms with Gasteiger partial charge in [-0.25, -0.2) is 0 Å². The summed E-state index contributed by atoms with van der Waals surface area (Å²) < 4.78 is 11.1. The second-order valence-electron chi connectivity index (χ2n) is 4.50. The summed E-state index contributed by atoms with van der Waals surface area (Å²) in [6.45, 7) is 1.68. The molecular formula is C14H15N3O3. The first-order valence-corrected chi connectivity index (χ1v) is 6.48. The normalized spacial score (nSPS) is 13.6. The molecule has 20 heavy (non-hydrogen) atoms. The maximum absolute atomic E-state index is 12.1. The van der Waals surface area contributed by atoms with Gasteiger partial charge in [0.25, 0.3) is 5.91 Å². The van der Waals surface area contributed by atoms with Crippen LogP contribution in [0.4, 0.5) is 0 Å². The highest BCUT2D eigenvalue weighted by Gasteiger charge is 2.14. The maximum atomic E-state index is 12.1. The van der Waals surface area contributed by atoms with E-state index in [9.17, 15) is 4.79 Å². The van der Waals surface area contributed by atoms with E-state index in [1.54, 1.807) is 30.6 Å². The van der Waals surface area contributed by atoms with Crippen molar-refractivity contribution in [1.82, 2.24) is 15.5 Å². The third-order valence-corrected chi connectivity index (χ3v) is 3.02. The molecule has 2 N–H and O–H groups in total. The number of aromatic amines is 1. The van der Waals surface area contributed by atoms with E-state index in [1.807, 2.05) is 0 Å². The molecule has 1 aromatic heterocycles. The first kappa shape index (κ1) is 12.5. The van der Waals surface area contributed by atoms with Crippen molar-refractivity contribution >= 4 is 5.91 Å². The van der Waals surface area contributed by atoms with Crippen LogP contribution in [-0.4, -0.2) is 29.3 Å². The van der Waals surface area contributed by atoms with Crippen molar-refractivity contribution in [2.75, 3.05) is 13.2 Å². The zero-order valence-corrected chi connectivity index (χ0v) is 10.9. The molecule has 2 heterocycles. The summed E-state index contributed by atoms with van der Waals surface area (Å²) in [4.78, 5) is 12.1. The maximum Gasteiger partial charge on any atom is 0.251 e. The van der Waals surface area contributed by atoms with Crippen molar-refractivity contribution in [1.29, 1.82) is 0 Å². The van der Waals surface area contributed by atoms with Gasteiger partial charge >= 0.3 is 0 Å². The third-order valence-electron chi connectivity index (χ3n) is 3.02. The van der Waals surface area contributed by atoms with Gasteiger partial charge in [-0.2, -0.15) is 5.10 Å². The molecule has 0 radical (unpaired) electrons. The highest BCUT2D eigenvalue weighted by Crippen LogP contribution is 2.30. The lowest BCUT2D eigenvalue weighted by molar-refractivity contribution is 0.0950. The number of H-pyrrole nitrogens is 1. The lowest BCUT2D eigenvalue weighted by atomic mass is 10.2. The average molecular weight is 273 g/mol. The summed E-state index contributed by atoms with van der Waals surface area (Å²) >= 11 is 0. The van der Waals surface area contributed by atoms with Crippen LogP contribution < -0.4 is 14.8 Å². The number of hydrogen-bond donors (Lipinski definition) is 2. The molecule has 1 aliphatic rings. The van der Waals surface area contributed by atoms with Crippen molar-refractivity contribution in [3.05, 3.63) is 41.7 Å². The van der Waals surface area contributed by atoms with Crippen molar-refractivity contribution < 1.29 is 14.3 Å². The standard InChI is InChI=1S/C14H15N3O3/c18-14(15-7-10-8-16-17-9-10)11-2-3-12-13(6-11)20-5-1-4-19-12/h2-3,6,8-9H,1,4-5,7H2,(H,15,18)(H,16,17). The smallest absolute Gasteiger partial charge is 0.251 e. The van der Waals surface area contributed by atoms with Gasteiger partial charge in [-0.05, 0) is 18.2 Å². The van der Waals surface area contributed by atoms with Gasteiger partial charge < -0.3 is 14.8 Å². The second-order valence-corrected chi connectivity index (χ2v) is 4.50. The number of carbonyl (C=O) groups is 1. The molecule has 104 valence electrons. The topological polar surface area (TPSA) is 76.2 Å². The van der Waals surface area contributed by atoms with Gasteiger partial charge in [0.1, 0.15) is 0 Å². The Morgan fingerprint density at radius 2 is 2.15 bits per heavy atom. The minimum Gasteiger partial charge on any atom is -0.490 e. The molecule has 6 heteroatoms. The first-order valence-electron chi connectivity index (χ1n) is 6.48.